The number of benzene rings is 1. The second kappa shape index (κ2) is 7.25. The summed E-state index contributed by atoms with van der Waals surface area (Å²) >= 11 is 6.25. The minimum absolute atomic E-state index is 0.0565. The molecule has 7 nitrogen and oxygen atoms in total. The molecule has 30 heavy (non-hydrogen) atoms. The highest BCUT2D eigenvalue weighted by atomic mass is 35.5. The highest BCUT2D eigenvalue weighted by Crippen LogP contribution is 2.51. The van der Waals surface area contributed by atoms with Crippen LogP contribution in [0.25, 0.3) is 10.9 Å². The third-order valence-corrected chi connectivity index (χ3v) is 6.98. The molecular formula is C22H24ClN5O2. The maximum atomic E-state index is 12.6. The first-order chi connectivity index (χ1) is 14.5. The van der Waals surface area contributed by atoms with Crippen molar-refractivity contribution in [1.29, 1.82) is 0 Å². The Morgan fingerprint density at radius 3 is 2.77 bits per heavy atom. The van der Waals surface area contributed by atoms with E-state index in [1.54, 1.807) is 12.4 Å². The molecule has 1 aromatic carbocycles. The Bertz CT molecular complexity index is 1090. The summed E-state index contributed by atoms with van der Waals surface area (Å²) in [7, 11) is 0. The standard InChI is InChI=1S/C22H24ClN5O2/c1-22(20(29)18-11-17(23)10-15-13-26-28(22)19(15)18)16-4-8-27(9-5-16)21(30)25-12-14-2-6-24-7-3-14/h2-3,6-7,10-11,13,16,20,29H,4-5,8-9,12H2,1H3,(H,25,30)/t20-,22?/m1/s1. The largest absolute Gasteiger partial charge is 0.386 e. The number of pyridine rings is 1. The van der Waals surface area contributed by atoms with E-state index in [9.17, 15) is 9.90 Å². The van der Waals surface area contributed by atoms with Crippen LogP contribution in [0.1, 0.15) is 37.0 Å². The first-order valence-corrected chi connectivity index (χ1v) is 10.6. The fourth-order valence-electron chi connectivity index (χ4n) is 5.02. The fourth-order valence-corrected chi connectivity index (χ4v) is 5.26. The van der Waals surface area contributed by atoms with Crippen LogP contribution >= 0.6 is 11.6 Å². The maximum Gasteiger partial charge on any atom is 0.317 e. The van der Waals surface area contributed by atoms with Crippen molar-refractivity contribution >= 4 is 28.5 Å². The van der Waals surface area contributed by atoms with Gasteiger partial charge in [-0.25, -0.2) is 4.79 Å². The number of carbonyl (C=O) groups is 1. The highest BCUT2D eigenvalue weighted by Gasteiger charge is 2.50. The van der Waals surface area contributed by atoms with Gasteiger partial charge in [-0.05, 0) is 55.5 Å². The van der Waals surface area contributed by atoms with Crippen molar-refractivity contribution in [3.05, 3.63) is 59.0 Å². The van der Waals surface area contributed by atoms with Gasteiger partial charge in [0.2, 0.25) is 0 Å². The van der Waals surface area contributed by atoms with Crippen LogP contribution in [-0.4, -0.2) is 43.9 Å². The van der Waals surface area contributed by atoms with Crippen molar-refractivity contribution in [2.45, 2.75) is 38.0 Å². The minimum atomic E-state index is -0.667. The van der Waals surface area contributed by atoms with Crippen LogP contribution in [-0.2, 0) is 12.1 Å². The predicted molar refractivity (Wildman–Crippen MR) is 114 cm³/mol. The van der Waals surface area contributed by atoms with E-state index < -0.39 is 11.6 Å². The molecule has 2 N–H and O–H groups in total. The summed E-state index contributed by atoms with van der Waals surface area (Å²) in [6.07, 6.45) is 6.20. The Morgan fingerprint density at radius 1 is 1.30 bits per heavy atom. The van der Waals surface area contributed by atoms with Gasteiger partial charge in [0, 0.05) is 48.0 Å². The van der Waals surface area contributed by atoms with Crippen LogP contribution < -0.4 is 5.32 Å². The summed E-state index contributed by atoms with van der Waals surface area (Å²) in [5, 5.41) is 20.4. The Kier molecular flexibility index (Phi) is 4.67. The zero-order valence-corrected chi connectivity index (χ0v) is 17.5. The van der Waals surface area contributed by atoms with Crippen LogP contribution in [0.3, 0.4) is 0 Å². The highest BCUT2D eigenvalue weighted by molar-refractivity contribution is 6.31. The van der Waals surface area contributed by atoms with Crippen LogP contribution in [0.5, 0.6) is 0 Å². The fraction of sp³-hybridized carbons (Fsp3) is 0.409. The molecule has 4 heterocycles. The van der Waals surface area contributed by atoms with Crippen molar-refractivity contribution in [3.8, 4) is 0 Å². The average Bonchev–Trinajstić information content (AvgIpc) is 3.29. The second-order valence-electron chi connectivity index (χ2n) is 8.39. The van der Waals surface area contributed by atoms with Crippen LogP contribution in [0.2, 0.25) is 5.02 Å². The second-order valence-corrected chi connectivity index (χ2v) is 8.83. The normalized spacial score (nSPS) is 23.8. The molecule has 2 atom stereocenters. The topological polar surface area (TPSA) is 83.3 Å². The van der Waals surface area contributed by atoms with E-state index in [0.29, 0.717) is 24.7 Å². The predicted octanol–water partition coefficient (Wildman–Crippen LogP) is 3.47. The van der Waals surface area contributed by atoms with E-state index in [1.165, 1.54) is 0 Å². The van der Waals surface area contributed by atoms with Gasteiger partial charge in [-0.3, -0.25) is 9.67 Å². The van der Waals surface area contributed by atoms with E-state index in [-0.39, 0.29) is 11.9 Å². The molecule has 0 saturated carbocycles. The van der Waals surface area contributed by atoms with E-state index in [0.717, 1.165) is 34.9 Å². The van der Waals surface area contributed by atoms with Crippen LogP contribution in [0.4, 0.5) is 4.79 Å². The molecule has 1 saturated heterocycles. The number of nitrogens with one attached hydrogen (secondary N) is 1. The molecule has 0 aliphatic carbocycles. The number of halogens is 1. The number of urea groups is 1. The molecule has 0 bridgehead atoms. The lowest BCUT2D eigenvalue weighted by atomic mass is 9.75. The zero-order valence-electron chi connectivity index (χ0n) is 16.8. The van der Waals surface area contributed by atoms with Gasteiger partial charge in [0.15, 0.2) is 0 Å². The number of nitrogens with zero attached hydrogens (tertiary/aromatic N) is 4. The minimum Gasteiger partial charge on any atom is -0.386 e. The van der Waals surface area contributed by atoms with Crippen molar-refractivity contribution < 1.29 is 9.90 Å². The van der Waals surface area contributed by atoms with E-state index in [4.69, 9.17) is 11.6 Å². The van der Waals surface area contributed by atoms with E-state index >= 15 is 0 Å². The van der Waals surface area contributed by atoms with Gasteiger partial charge < -0.3 is 15.3 Å². The first kappa shape index (κ1) is 19.3. The summed E-state index contributed by atoms with van der Waals surface area (Å²) in [5.74, 6) is 0.200. The lowest BCUT2D eigenvalue weighted by Gasteiger charge is -2.42. The van der Waals surface area contributed by atoms with Crippen molar-refractivity contribution in [3.63, 3.8) is 0 Å². The van der Waals surface area contributed by atoms with Gasteiger partial charge in [-0.15, -0.1) is 0 Å². The molecule has 156 valence electrons. The molecule has 5 rings (SSSR count). The van der Waals surface area contributed by atoms with Gasteiger partial charge in [-0.2, -0.15) is 5.10 Å². The Balaban J connectivity index is 1.28. The molecule has 2 amide bonds. The number of likely N-dealkylation sites (tertiary alicyclic amines) is 1. The number of hydrogen-bond donors (Lipinski definition) is 2. The van der Waals surface area contributed by atoms with Gasteiger partial charge in [0.25, 0.3) is 0 Å². The molecule has 8 heteroatoms. The van der Waals surface area contributed by atoms with Crippen molar-refractivity contribution in [2.24, 2.45) is 5.92 Å². The first-order valence-electron chi connectivity index (χ1n) is 10.3. The van der Waals surface area contributed by atoms with Crippen LogP contribution in [0.15, 0.2) is 42.9 Å². The number of rotatable bonds is 3. The number of hydrogen-bond acceptors (Lipinski definition) is 4. The molecule has 2 aliphatic rings. The van der Waals surface area contributed by atoms with Gasteiger partial charge in [0.1, 0.15) is 6.10 Å². The van der Waals surface area contributed by atoms with Gasteiger partial charge in [-0.1, -0.05) is 11.6 Å². The Morgan fingerprint density at radius 2 is 2.03 bits per heavy atom. The SMILES string of the molecule is CC1(C2CCN(C(=O)NCc3ccncc3)CC2)[C@H](O)c2cc(Cl)cc3cnn1c23. The number of piperidine rings is 1. The number of aliphatic hydroxyl groups excluding tert-OH is 1. The number of aliphatic hydroxyl groups is 1. The maximum absolute atomic E-state index is 12.6. The molecule has 1 fully saturated rings. The third-order valence-electron chi connectivity index (χ3n) is 6.76. The summed E-state index contributed by atoms with van der Waals surface area (Å²) < 4.78 is 1.97. The van der Waals surface area contributed by atoms with E-state index in [1.807, 2.05) is 40.0 Å². The average molecular weight is 426 g/mol. The molecular weight excluding hydrogens is 402 g/mol. The van der Waals surface area contributed by atoms with Gasteiger partial charge >= 0.3 is 6.03 Å². The summed E-state index contributed by atoms with van der Waals surface area (Å²) in [4.78, 5) is 18.4. The smallest absolute Gasteiger partial charge is 0.317 e. The molecule has 2 aromatic heterocycles. The quantitative estimate of drug-likeness (QED) is 0.673. The lowest BCUT2D eigenvalue weighted by molar-refractivity contribution is -0.0116. The van der Waals surface area contributed by atoms with Crippen LogP contribution in [0, 0.1) is 5.92 Å². The Labute approximate surface area is 179 Å². The number of aromatic nitrogens is 3. The lowest BCUT2D eigenvalue weighted by Crippen LogP contribution is -2.50. The zero-order chi connectivity index (χ0) is 20.9. The van der Waals surface area contributed by atoms with Crippen molar-refractivity contribution in [1.82, 2.24) is 25.0 Å². The molecule has 2 aliphatic heterocycles. The number of carbonyl (C=O) groups excluding carboxylic acids is 1. The summed E-state index contributed by atoms with van der Waals surface area (Å²) in [6, 6.07) is 7.46. The monoisotopic (exact) mass is 425 g/mol. The molecule has 0 radical (unpaired) electrons. The Hall–Kier alpha value is -2.64. The molecule has 0 spiro atoms. The number of amides is 2. The van der Waals surface area contributed by atoms with E-state index in [2.05, 4.69) is 22.3 Å². The summed E-state index contributed by atoms with van der Waals surface area (Å²) in [5.41, 5.74) is 2.28. The molecule has 1 unspecified atom stereocenters. The third kappa shape index (κ3) is 2.96. The van der Waals surface area contributed by atoms with Crippen molar-refractivity contribution in [2.75, 3.05) is 13.1 Å². The van der Waals surface area contributed by atoms with Gasteiger partial charge in [0.05, 0.1) is 17.3 Å². The summed E-state index contributed by atoms with van der Waals surface area (Å²) in [6.45, 7) is 3.86. The molecule has 3 aromatic rings.